The number of ether oxygens (including phenoxy) is 1. The molecule has 1 aromatic rings. The molecule has 0 N–H and O–H groups in total. The van der Waals surface area contributed by atoms with E-state index in [9.17, 15) is 0 Å². The van der Waals surface area contributed by atoms with Crippen molar-refractivity contribution in [1.29, 1.82) is 0 Å². The summed E-state index contributed by atoms with van der Waals surface area (Å²) < 4.78 is 6.32. The van der Waals surface area contributed by atoms with E-state index in [1.807, 2.05) is 18.2 Å². The van der Waals surface area contributed by atoms with Crippen LogP contribution < -0.4 is 4.74 Å². The van der Waals surface area contributed by atoms with Crippen LogP contribution in [0.25, 0.3) is 10.4 Å². The minimum atomic E-state index is -0.173. The van der Waals surface area contributed by atoms with Gasteiger partial charge in [0.25, 0.3) is 0 Å². The lowest BCUT2D eigenvalue weighted by molar-refractivity contribution is 0.333. The molecule has 0 radical (unpaired) electrons. The lowest BCUT2D eigenvalue weighted by Gasteiger charge is -1.99. The van der Waals surface area contributed by atoms with Crippen LogP contribution in [0.15, 0.2) is 27.8 Å². The molecule has 1 aliphatic heterocycles. The number of rotatable bonds is 1. The van der Waals surface area contributed by atoms with Crippen LogP contribution in [0.2, 0.25) is 0 Å². The van der Waals surface area contributed by atoms with Crippen LogP contribution >= 0.6 is 15.9 Å². The number of hydrogen-bond acceptors (Lipinski definition) is 2. The second-order valence-corrected chi connectivity index (χ2v) is 3.63. The molecule has 1 atom stereocenters. The van der Waals surface area contributed by atoms with Gasteiger partial charge in [0.05, 0.1) is 0 Å². The molecule has 66 valence electrons. The monoisotopic (exact) mass is 239 g/mol. The summed E-state index contributed by atoms with van der Waals surface area (Å²) in [4.78, 5) is 2.77. The molecule has 5 heteroatoms. The van der Waals surface area contributed by atoms with Crippen LogP contribution in [0, 0.1) is 0 Å². The fourth-order valence-electron chi connectivity index (χ4n) is 1.32. The second kappa shape index (κ2) is 3.28. The molecule has 0 fully saturated rings. The Labute approximate surface area is 83.3 Å². The maximum Gasteiger partial charge on any atom is 0.124 e. The first-order valence-electron chi connectivity index (χ1n) is 3.77. The Morgan fingerprint density at radius 3 is 3.23 bits per heavy atom. The normalized spacial score (nSPS) is 18.7. The first-order valence-corrected chi connectivity index (χ1v) is 4.57. The maximum absolute atomic E-state index is 8.30. The molecule has 0 spiro atoms. The first-order chi connectivity index (χ1) is 6.31. The number of hydrogen-bond donors (Lipinski definition) is 0. The average Bonchev–Trinajstić information content (AvgIpc) is 2.49. The zero-order chi connectivity index (χ0) is 9.26. The Kier molecular flexibility index (Phi) is 2.12. The Bertz CT molecular complexity index is 387. The standard InChI is InChI=1S/C8H6BrN3O/c9-5-1-2-6-7(11-12-10)4-13-8(6)3-5/h1-3,7H,4H2/t7-/m0/s1. The number of nitrogens with zero attached hydrogens (tertiary/aromatic N) is 3. The largest absolute Gasteiger partial charge is 0.492 e. The van der Waals surface area contributed by atoms with E-state index in [1.54, 1.807) is 0 Å². The highest BCUT2D eigenvalue weighted by Crippen LogP contribution is 2.36. The minimum Gasteiger partial charge on any atom is -0.492 e. The molecule has 0 aliphatic carbocycles. The Morgan fingerprint density at radius 1 is 1.62 bits per heavy atom. The first kappa shape index (κ1) is 8.41. The quantitative estimate of drug-likeness (QED) is 0.422. The summed E-state index contributed by atoms with van der Waals surface area (Å²) in [6.07, 6.45) is 0. The van der Waals surface area contributed by atoms with E-state index < -0.39 is 0 Å². The molecule has 2 rings (SSSR count). The van der Waals surface area contributed by atoms with Crippen molar-refractivity contribution in [3.63, 3.8) is 0 Å². The summed E-state index contributed by atoms with van der Waals surface area (Å²) >= 11 is 3.34. The number of azide groups is 1. The van der Waals surface area contributed by atoms with Gasteiger partial charge in [-0.2, -0.15) is 0 Å². The summed E-state index contributed by atoms with van der Waals surface area (Å²) in [5.41, 5.74) is 9.26. The van der Waals surface area contributed by atoms with Crippen LogP contribution in [0.3, 0.4) is 0 Å². The topological polar surface area (TPSA) is 58.0 Å². The van der Waals surface area contributed by atoms with Crippen LogP contribution in [-0.2, 0) is 0 Å². The van der Waals surface area contributed by atoms with Gasteiger partial charge in [0, 0.05) is 14.9 Å². The van der Waals surface area contributed by atoms with Gasteiger partial charge in [0.15, 0.2) is 0 Å². The third-order valence-electron chi connectivity index (χ3n) is 1.92. The van der Waals surface area contributed by atoms with Gasteiger partial charge in [-0.3, -0.25) is 0 Å². The predicted molar refractivity (Wildman–Crippen MR) is 51.5 cm³/mol. The highest BCUT2D eigenvalue weighted by Gasteiger charge is 2.22. The summed E-state index contributed by atoms with van der Waals surface area (Å²) in [5, 5.41) is 3.63. The molecule has 13 heavy (non-hydrogen) atoms. The zero-order valence-corrected chi connectivity index (χ0v) is 8.23. The number of halogens is 1. The van der Waals surface area contributed by atoms with E-state index in [2.05, 4.69) is 26.0 Å². The third-order valence-corrected chi connectivity index (χ3v) is 2.42. The third kappa shape index (κ3) is 1.48. The predicted octanol–water partition coefficient (Wildman–Crippen LogP) is 3.19. The van der Waals surface area contributed by atoms with Crippen molar-refractivity contribution in [2.75, 3.05) is 6.61 Å². The van der Waals surface area contributed by atoms with Gasteiger partial charge in [0.2, 0.25) is 0 Å². The smallest absolute Gasteiger partial charge is 0.124 e. The fourth-order valence-corrected chi connectivity index (χ4v) is 1.66. The van der Waals surface area contributed by atoms with Crippen molar-refractivity contribution in [3.8, 4) is 5.75 Å². The molecule has 0 aromatic heterocycles. The van der Waals surface area contributed by atoms with E-state index in [0.717, 1.165) is 15.8 Å². The van der Waals surface area contributed by atoms with Crippen LogP contribution in [0.1, 0.15) is 11.6 Å². The number of fused-ring (bicyclic) bond motifs is 1. The molecule has 0 unspecified atom stereocenters. The second-order valence-electron chi connectivity index (χ2n) is 2.71. The molecule has 0 saturated heterocycles. The van der Waals surface area contributed by atoms with Crippen LogP contribution in [0.4, 0.5) is 0 Å². The highest BCUT2D eigenvalue weighted by molar-refractivity contribution is 9.10. The Morgan fingerprint density at radius 2 is 2.46 bits per heavy atom. The van der Waals surface area contributed by atoms with E-state index in [-0.39, 0.29) is 6.04 Å². The number of benzene rings is 1. The van der Waals surface area contributed by atoms with Gasteiger partial charge in [-0.1, -0.05) is 27.1 Å². The van der Waals surface area contributed by atoms with E-state index in [4.69, 9.17) is 10.3 Å². The van der Waals surface area contributed by atoms with Crippen LogP contribution in [0.5, 0.6) is 5.75 Å². The minimum absolute atomic E-state index is 0.173. The van der Waals surface area contributed by atoms with Gasteiger partial charge in [-0.25, -0.2) is 0 Å². The van der Waals surface area contributed by atoms with Crippen LogP contribution in [-0.4, -0.2) is 6.61 Å². The van der Waals surface area contributed by atoms with Gasteiger partial charge >= 0.3 is 0 Å². The lowest BCUT2D eigenvalue weighted by atomic mass is 10.1. The molecule has 0 saturated carbocycles. The molecule has 1 aromatic carbocycles. The fraction of sp³-hybridized carbons (Fsp3) is 0.250. The van der Waals surface area contributed by atoms with Crippen molar-refractivity contribution >= 4 is 15.9 Å². The van der Waals surface area contributed by atoms with Crippen molar-refractivity contribution in [1.82, 2.24) is 0 Å². The summed E-state index contributed by atoms with van der Waals surface area (Å²) in [7, 11) is 0. The Hall–Kier alpha value is -1.19. The van der Waals surface area contributed by atoms with Crippen molar-refractivity contribution in [3.05, 3.63) is 38.7 Å². The summed E-state index contributed by atoms with van der Waals surface area (Å²) in [6, 6.07) is 5.52. The van der Waals surface area contributed by atoms with Gasteiger partial charge in [-0.15, -0.1) is 0 Å². The molecular formula is C8H6BrN3O. The van der Waals surface area contributed by atoms with Gasteiger partial charge in [0.1, 0.15) is 18.4 Å². The summed E-state index contributed by atoms with van der Waals surface area (Å²) in [5.74, 6) is 0.798. The lowest BCUT2D eigenvalue weighted by Crippen LogP contribution is -1.94. The molecular weight excluding hydrogens is 234 g/mol. The average molecular weight is 240 g/mol. The highest BCUT2D eigenvalue weighted by atomic mass is 79.9. The molecule has 4 nitrogen and oxygen atoms in total. The summed E-state index contributed by atoms with van der Waals surface area (Å²) in [6.45, 7) is 0.440. The maximum atomic E-state index is 8.30. The molecule has 0 amide bonds. The molecule has 0 bridgehead atoms. The van der Waals surface area contributed by atoms with E-state index in [1.165, 1.54) is 0 Å². The van der Waals surface area contributed by atoms with Gasteiger partial charge in [-0.05, 0) is 17.7 Å². The zero-order valence-electron chi connectivity index (χ0n) is 6.64. The van der Waals surface area contributed by atoms with Crippen molar-refractivity contribution in [2.24, 2.45) is 5.11 Å². The molecule has 1 aliphatic rings. The molecule has 1 heterocycles. The van der Waals surface area contributed by atoms with E-state index >= 15 is 0 Å². The van der Waals surface area contributed by atoms with E-state index in [0.29, 0.717) is 6.61 Å². The van der Waals surface area contributed by atoms with Crippen molar-refractivity contribution in [2.45, 2.75) is 6.04 Å². The SMILES string of the molecule is [N-]=[N+]=N[C@H]1COc2cc(Br)ccc21. The van der Waals surface area contributed by atoms with Crippen molar-refractivity contribution < 1.29 is 4.74 Å². The Balaban J connectivity index is 2.43. The van der Waals surface area contributed by atoms with Gasteiger partial charge < -0.3 is 4.74 Å².